The van der Waals surface area contributed by atoms with Gasteiger partial charge in [-0.05, 0) is 149 Å². The Kier molecular flexibility index (Phi) is 8.99. The van der Waals surface area contributed by atoms with Crippen LogP contribution in [0.15, 0.2) is 255 Å². The average Bonchev–Trinajstić information content (AvgIpc) is 4.45. The Morgan fingerprint density at radius 2 is 0.823 bits per heavy atom. The van der Waals surface area contributed by atoms with Crippen molar-refractivity contribution in [3.8, 4) is 68.3 Å². The van der Waals surface area contributed by atoms with Crippen molar-refractivity contribution in [2.45, 2.75) is 5.41 Å². The van der Waals surface area contributed by atoms with Gasteiger partial charge in [-0.25, -0.2) is 0 Å². The van der Waals surface area contributed by atoms with E-state index in [0.29, 0.717) is 5.56 Å². The first-order chi connectivity index (χ1) is 39.1. The van der Waals surface area contributed by atoms with E-state index in [1.807, 2.05) is 42.7 Å². The average molecular weight is 1010 g/mol. The third-order valence-corrected chi connectivity index (χ3v) is 16.8. The molecule has 0 saturated heterocycles. The van der Waals surface area contributed by atoms with Crippen molar-refractivity contribution in [3.63, 3.8) is 0 Å². The predicted octanol–water partition coefficient (Wildman–Crippen LogP) is 17.4. The molecule has 7 nitrogen and oxygen atoms in total. The highest BCUT2D eigenvalue weighted by molar-refractivity contribution is 6.13. The van der Waals surface area contributed by atoms with Crippen LogP contribution in [0.5, 0.6) is 11.5 Å². The zero-order valence-corrected chi connectivity index (χ0v) is 42.3. The summed E-state index contributed by atoms with van der Waals surface area (Å²) >= 11 is 0. The van der Waals surface area contributed by atoms with E-state index in [4.69, 9.17) is 14.7 Å². The number of hydrogen-bond donors (Lipinski definition) is 0. The van der Waals surface area contributed by atoms with Crippen LogP contribution in [-0.2, 0) is 5.41 Å². The first kappa shape index (κ1) is 43.4. The van der Waals surface area contributed by atoms with E-state index in [0.717, 1.165) is 123 Å². The lowest BCUT2D eigenvalue weighted by molar-refractivity contribution is 0.438. The Hall–Kier alpha value is -10.8. The summed E-state index contributed by atoms with van der Waals surface area (Å²) in [6.45, 7) is 0. The van der Waals surface area contributed by atoms with E-state index in [2.05, 4.69) is 232 Å². The Morgan fingerprint density at radius 3 is 1.44 bits per heavy atom. The highest BCUT2D eigenvalue weighted by Crippen LogP contribution is 2.63. The predicted molar refractivity (Wildman–Crippen MR) is 318 cm³/mol. The molecule has 5 aromatic heterocycles. The Labute approximate surface area is 453 Å². The quantitative estimate of drug-likeness (QED) is 0.172. The summed E-state index contributed by atoms with van der Waals surface area (Å²) in [4.78, 5) is 10.1. The topological polar surface area (TPSA) is 73.6 Å². The first-order valence-electron chi connectivity index (χ1n) is 26.7. The van der Waals surface area contributed by atoms with Gasteiger partial charge in [-0.15, -0.1) is 0 Å². The summed E-state index contributed by atoms with van der Waals surface area (Å²) in [5.41, 5.74) is 19.9. The largest absolute Gasteiger partial charge is 0.456 e. The summed E-state index contributed by atoms with van der Waals surface area (Å²) in [5, 5.41) is 17.0. The number of nitrogens with zero attached hydrogens (tertiary/aromatic N) is 6. The molecule has 0 saturated carbocycles. The number of para-hydroxylation sites is 5. The van der Waals surface area contributed by atoms with Crippen LogP contribution in [0.4, 0.5) is 0 Å². The third kappa shape index (κ3) is 6.00. The van der Waals surface area contributed by atoms with Crippen LogP contribution >= 0.6 is 0 Å². The highest BCUT2D eigenvalue weighted by atomic mass is 16.5. The second-order valence-electron chi connectivity index (χ2n) is 20.8. The molecule has 1 aliphatic carbocycles. The Bertz CT molecular complexity index is 5030. The Balaban J connectivity index is 0.827. The van der Waals surface area contributed by atoms with Crippen molar-refractivity contribution in [3.05, 3.63) is 283 Å². The van der Waals surface area contributed by atoms with Crippen molar-refractivity contribution >= 4 is 65.4 Å². The molecule has 0 N–H and O–H groups in total. The van der Waals surface area contributed by atoms with Crippen LogP contribution < -0.4 is 4.74 Å². The van der Waals surface area contributed by atoms with Crippen molar-refractivity contribution in [2.75, 3.05) is 0 Å². The van der Waals surface area contributed by atoms with E-state index in [-0.39, 0.29) is 0 Å². The molecule has 17 rings (SSSR count). The first-order valence-corrected chi connectivity index (χ1v) is 26.7. The van der Waals surface area contributed by atoms with Crippen LogP contribution in [0.2, 0.25) is 0 Å². The van der Waals surface area contributed by atoms with E-state index in [1.54, 1.807) is 0 Å². The fourth-order valence-corrected chi connectivity index (χ4v) is 13.5. The maximum Gasteiger partial charge on any atom is 0.140 e. The summed E-state index contributed by atoms with van der Waals surface area (Å²) in [5.74, 6) is 1.58. The summed E-state index contributed by atoms with van der Waals surface area (Å²) in [6.07, 6.45) is 3.74. The Morgan fingerprint density at radius 1 is 0.354 bits per heavy atom. The zero-order valence-electron chi connectivity index (χ0n) is 42.3. The van der Waals surface area contributed by atoms with E-state index in [1.165, 1.54) is 27.2 Å². The van der Waals surface area contributed by atoms with E-state index >= 15 is 0 Å². The van der Waals surface area contributed by atoms with Crippen LogP contribution in [-0.4, -0.2) is 23.7 Å². The van der Waals surface area contributed by atoms with Crippen molar-refractivity contribution in [2.24, 2.45) is 0 Å². The lowest BCUT2D eigenvalue weighted by Gasteiger charge is -2.40. The lowest BCUT2D eigenvalue weighted by atomic mass is 9.65. The number of fused-ring (bicyclic) bond motifs is 18. The molecule has 0 fully saturated rings. The zero-order chi connectivity index (χ0) is 51.9. The minimum absolute atomic E-state index is 0.626. The standard InChI is InChI=1S/C72H42N6O/c73-43-44-25-33-65-55(39-44)57-40-45(26-34-67(57)76(65)48-13-2-1-3-14-48)46-28-36-68-61(42-46)72(58-20-11-37-74-69(58)70-59(72)21-12-38-75-70)60-19-10-18-51(71(60)79-68)47-27-35-66-56(41-47)54-17-6-9-24-64(54)78(66)50-31-29-49(30-32-50)77-62-22-7-4-15-52(62)53-16-5-8-23-63(53)77/h1-42H. The summed E-state index contributed by atoms with van der Waals surface area (Å²) < 4.78 is 14.4. The lowest BCUT2D eigenvalue weighted by Crippen LogP contribution is -2.32. The molecule has 1 spiro atoms. The molecular weight excluding hydrogens is 965 g/mol. The number of nitriles is 1. The molecule has 15 aromatic rings. The minimum Gasteiger partial charge on any atom is -0.456 e. The second kappa shape index (κ2) is 16.3. The van der Waals surface area contributed by atoms with Gasteiger partial charge in [0, 0.05) is 78.5 Å². The molecule has 0 radical (unpaired) electrons. The second-order valence-corrected chi connectivity index (χ2v) is 20.8. The third-order valence-electron chi connectivity index (χ3n) is 16.8. The molecule has 2 aliphatic rings. The van der Waals surface area contributed by atoms with Gasteiger partial charge in [-0.1, -0.05) is 121 Å². The number of ether oxygens (including phenoxy) is 1. The number of hydrogen-bond acceptors (Lipinski definition) is 4. The maximum absolute atomic E-state index is 10.0. The van der Waals surface area contributed by atoms with Crippen LogP contribution in [0.25, 0.3) is 116 Å². The molecule has 6 heterocycles. The molecular formula is C72H42N6O. The molecule has 0 amide bonds. The van der Waals surface area contributed by atoms with Gasteiger partial charge in [0.25, 0.3) is 0 Å². The number of pyridine rings is 2. The van der Waals surface area contributed by atoms with Gasteiger partial charge in [-0.2, -0.15) is 5.26 Å². The molecule has 0 unspecified atom stereocenters. The number of benzene rings is 10. The van der Waals surface area contributed by atoms with Crippen molar-refractivity contribution in [1.29, 1.82) is 5.26 Å². The summed E-state index contributed by atoms with van der Waals surface area (Å²) in [6, 6.07) is 89.1. The van der Waals surface area contributed by atoms with Gasteiger partial charge < -0.3 is 18.4 Å². The number of aromatic nitrogens is 5. The monoisotopic (exact) mass is 1010 g/mol. The van der Waals surface area contributed by atoms with Gasteiger partial charge in [0.05, 0.1) is 61.5 Å². The van der Waals surface area contributed by atoms with Crippen molar-refractivity contribution in [1.82, 2.24) is 23.7 Å². The minimum atomic E-state index is -0.817. The van der Waals surface area contributed by atoms with Gasteiger partial charge >= 0.3 is 0 Å². The molecule has 79 heavy (non-hydrogen) atoms. The maximum atomic E-state index is 10.0. The molecule has 10 aromatic carbocycles. The van der Waals surface area contributed by atoms with E-state index in [9.17, 15) is 5.26 Å². The fourth-order valence-electron chi connectivity index (χ4n) is 13.5. The van der Waals surface area contributed by atoms with Gasteiger partial charge in [0.1, 0.15) is 11.5 Å². The molecule has 0 atom stereocenters. The SMILES string of the molecule is N#Cc1ccc2c(c1)c1cc(-c3ccc4c(c3)C3(c5cccnc5-c5ncccc53)c3cccc(-c5ccc6c(c5)c5ccccc5n6-c5ccc(-n6c7ccccc7c7ccccc76)cc5)c3O4)ccc1n2-c1ccccc1. The molecule has 366 valence electrons. The van der Waals surface area contributed by atoms with Crippen LogP contribution in [0.3, 0.4) is 0 Å². The molecule has 7 heteroatoms. The molecule has 1 aliphatic heterocycles. The highest BCUT2D eigenvalue weighted by Gasteiger charge is 2.53. The van der Waals surface area contributed by atoms with Gasteiger partial charge in [0.2, 0.25) is 0 Å². The normalized spacial score (nSPS) is 13.0. The summed E-state index contributed by atoms with van der Waals surface area (Å²) in [7, 11) is 0. The fraction of sp³-hybridized carbons (Fsp3) is 0.0139. The van der Waals surface area contributed by atoms with Gasteiger partial charge in [0.15, 0.2) is 0 Å². The van der Waals surface area contributed by atoms with Crippen LogP contribution in [0.1, 0.15) is 27.8 Å². The number of rotatable bonds is 5. The van der Waals surface area contributed by atoms with Gasteiger partial charge in [-0.3, -0.25) is 9.97 Å². The van der Waals surface area contributed by atoms with E-state index < -0.39 is 5.41 Å². The van der Waals surface area contributed by atoms with Crippen LogP contribution in [0, 0.1) is 11.3 Å². The smallest absolute Gasteiger partial charge is 0.140 e. The molecule has 0 bridgehead atoms. The van der Waals surface area contributed by atoms with Crippen molar-refractivity contribution < 1.29 is 4.74 Å².